The molecular formula is C16H20N2O2S. The summed E-state index contributed by atoms with van der Waals surface area (Å²) in [6.45, 7) is 3.80. The molecule has 0 saturated heterocycles. The van der Waals surface area contributed by atoms with Gasteiger partial charge in [0.25, 0.3) is 0 Å². The molecule has 112 valence electrons. The normalized spacial score (nSPS) is 10.5. The highest BCUT2D eigenvalue weighted by Crippen LogP contribution is 2.21. The van der Waals surface area contributed by atoms with Crippen molar-refractivity contribution in [1.29, 1.82) is 0 Å². The van der Waals surface area contributed by atoms with Gasteiger partial charge < -0.3 is 10.1 Å². The minimum Gasteiger partial charge on any atom is -0.466 e. The molecule has 0 aliphatic heterocycles. The van der Waals surface area contributed by atoms with Gasteiger partial charge in [-0.3, -0.25) is 4.79 Å². The van der Waals surface area contributed by atoms with E-state index in [0.29, 0.717) is 13.0 Å². The molecule has 0 unspecified atom stereocenters. The van der Waals surface area contributed by atoms with Crippen LogP contribution >= 0.6 is 11.3 Å². The molecule has 1 heterocycles. The summed E-state index contributed by atoms with van der Waals surface area (Å²) in [4.78, 5) is 15.8. The molecule has 0 fully saturated rings. The van der Waals surface area contributed by atoms with Crippen LogP contribution in [0.3, 0.4) is 0 Å². The average molecular weight is 304 g/mol. The van der Waals surface area contributed by atoms with Crippen LogP contribution in [-0.4, -0.2) is 24.1 Å². The highest BCUT2D eigenvalue weighted by molar-refractivity contribution is 7.09. The number of ether oxygens (including phenoxy) is 1. The Kier molecular flexibility index (Phi) is 6.37. The highest BCUT2D eigenvalue weighted by Gasteiger charge is 2.04. The third kappa shape index (κ3) is 5.28. The van der Waals surface area contributed by atoms with Gasteiger partial charge in [-0.25, -0.2) is 4.98 Å². The van der Waals surface area contributed by atoms with Crippen molar-refractivity contribution in [3.05, 3.63) is 40.7 Å². The number of nitrogens with one attached hydrogen (secondary N) is 1. The number of benzene rings is 1. The average Bonchev–Trinajstić information content (AvgIpc) is 2.97. The van der Waals surface area contributed by atoms with E-state index in [2.05, 4.69) is 27.8 Å². The first-order valence-corrected chi connectivity index (χ1v) is 8.03. The summed E-state index contributed by atoms with van der Waals surface area (Å²) in [6, 6.07) is 10.2. The SMILES string of the molecule is CCOC(=O)CCCNCc1nc(-c2ccccc2)cs1. The maximum Gasteiger partial charge on any atom is 0.305 e. The van der Waals surface area contributed by atoms with Crippen LogP contribution in [0.2, 0.25) is 0 Å². The van der Waals surface area contributed by atoms with Crippen molar-refractivity contribution in [2.45, 2.75) is 26.3 Å². The molecule has 0 aliphatic carbocycles. The number of hydrogen-bond acceptors (Lipinski definition) is 5. The Morgan fingerprint density at radius 3 is 2.90 bits per heavy atom. The fraction of sp³-hybridized carbons (Fsp3) is 0.375. The molecule has 0 amide bonds. The number of carbonyl (C=O) groups excluding carboxylic acids is 1. The van der Waals surface area contributed by atoms with E-state index in [9.17, 15) is 4.79 Å². The van der Waals surface area contributed by atoms with Crippen LogP contribution < -0.4 is 5.32 Å². The Morgan fingerprint density at radius 1 is 1.33 bits per heavy atom. The first-order chi connectivity index (χ1) is 10.3. The lowest BCUT2D eigenvalue weighted by molar-refractivity contribution is -0.143. The summed E-state index contributed by atoms with van der Waals surface area (Å²) in [5.41, 5.74) is 2.16. The Morgan fingerprint density at radius 2 is 2.14 bits per heavy atom. The fourth-order valence-electron chi connectivity index (χ4n) is 1.92. The molecule has 0 saturated carbocycles. The van der Waals surface area contributed by atoms with Crippen molar-refractivity contribution in [3.63, 3.8) is 0 Å². The van der Waals surface area contributed by atoms with Gasteiger partial charge in [0.2, 0.25) is 0 Å². The topological polar surface area (TPSA) is 51.2 Å². The summed E-state index contributed by atoms with van der Waals surface area (Å²) in [7, 11) is 0. The first kappa shape index (κ1) is 15.7. The number of carbonyl (C=O) groups is 1. The number of nitrogens with zero attached hydrogens (tertiary/aromatic N) is 1. The highest BCUT2D eigenvalue weighted by atomic mass is 32.1. The van der Waals surface area contributed by atoms with Gasteiger partial charge in [-0.05, 0) is 19.9 Å². The lowest BCUT2D eigenvalue weighted by Gasteiger charge is -2.03. The van der Waals surface area contributed by atoms with Crippen molar-refractivity contribution in [3.8, 4) is 11.3 Å². The quantitative estimate of drug-likeness (QED) is 0.601. The molecule has 0 spiro atoms. The Hall–Kier alpha value is -1.72. The summed E-state index contributed by atoms with van der Waals surface area (Å²) < 4.78 is 4.88. The fourth-order valence-corrected chi connectivity index (χ4v) is 2.69. The van der Waals surface area contributed by atoms with E-state index in [1.54, 1.807) is 11.3 Å². The van der Waals surface area contributed by atoms with Crippen LogP contribution in [0.25, 0.3) is 11.3 Å². The second-order valence-corrected chi connectivity index (χ2v) is 5.52. The maximum absolute atomic E-state index is 11.2. The number of aromatic nitrogens is 1. The minimum atomic E-state index is -0.125. The van der Waals surface area contributed by atoms with E-state index in [0.717, 1.165) is 35.8 Å². The van der Waals surface area contributed by atoms with Gasteiger partial charge in [-0.15, -0.1) is 11.3 Å². The van der Waals surface area contributed by atoms with E-state index >= 15 is 0 Å². The number of hydrogen-bond donors (Lipinski definition) is 1. The molecule has 0 radical (unpaired) electrons. The predicted octanol–water partition coefficient (Wildman–Crippen LogP) is 3.24. The molecule has 1 aromatic heterocycles. The van der Waals surface area contributed by atoms with Gasteiger partial charge in [-0.1, -0.05) is 30.3 Å². The lowest BCUT2D eigenvalue weighted by atomic mass is 10.2. The Bertz CT molecular complexity index is 554. The molecule has 21 heavy (non-hydrogen) atoms. The van der Waals surface area contributed by atoms with E-state index in [-0.39, 0.29) is 5.97 Å². The molecule has 5 heteroatoms. The Labute approximate surface area is 129 Å². The zero-order valence-electron chi connectivity index (χ0n) is 12.2. The van der Waals surface area contributed by atoms with E-state index in [1.807, 2.05) is 25.1 Å². The lowest BCUT2D eigenvalue weighted by Crippen LogP contribution is -2.16. The van der Waals surface area contributed by atoms with E-state index < -0.39 is 0 Å². The zero-order chi connectivity index (χ0) is 14.9. The molecule has 2 aromatic rings. The molecule has 0 atom stereocenters. The standard InChI is InChI=1S/C16H20N2O2S/c1-2-20-16(19)9-6-10-17-11-15-18-14(12-21-15)13-7-4-3-5-8-13/h3-5,7-8,12,17H,2,6,9-11H2,1H3. The number of thiazole rings is 1. The molecule has 0 aliphatic rings. The van der Waals surface area contributed by atoms with Crippen LogP contribution in [0.15, 0.2) is 35.7 Å². The smallest absolute Gasteiger partial charge is 0.305 e. The molecule has 0 bridgehead atoms. The van der Waals surface area contributed by atoms with Crippen LogP contribution in [0.5, 0.6) is 0 Å². The van der Waals surface area contributed by atoms with Gasteiger partial charge in [0, 0.05) is 23.9 Å². The summed E-state index contributed by atoms with van der Waals surface area (Å²) in [6.07, 6.45) is 1.25. The van der Waals surface area contributed by atoms with Gasteiger partial charge in [0.15, 0.2) is 0 Å². The van der Waals surface area contributed by atoms with Crippen molar-refractivity contribution >= 4 is 17.3 Å². The van der Waals surface area contributed by atoms with E-state index in [1.165, 1.54) is 0 Å². The van der Waals surface area contributed by atoms with Crippen LogP contribution in [0, 0.1) is 0 Å². The third-order valence-electron chi connectivity index (χ3n) is 2.94. The summed E-state index contributed by atoms with van der Waals surface area (Å²) in [5, 5.41) is 6.44. The van der Waals surface area contributed by atoms with E-state index in [4.69, 9.17) is 4.74 Å². The van der Waals surface area contributed by atoms with Gasteiger partial charge >= 0.3 is 5.97 Å². The molecular weight excluding hydrogens is 284 g/mol. The van der Waals surface area contributed by atoms with Crippen molar-refractivity contribution in [1.82, 2.24) is 10.3 Å². The second-order valence-electron chi connectivity index (χ2n) is 4.58. The van der Waals surface area contributed by atoms with Gasteiger partial charge in [-0.2, -0.15) is 0 Å². The number of rotatable bonds is 8. The molecule has 4 nitrogen and oxygen atoms in total. The van der Waals surface area contributed by atoms with Gasteiger partial charge in [0.1, 0.15) is 5.01 Å². The largest absolute Gasteiger partial charge is 0.466 e. The Balaban J connectivity index is 1.70. The molecule has 1 N–H and O–H groups in total. The summed E-state index contributed by atoms with van der Waals surface area (Å²) >= 11 is 1.65. The van der Waals surface area contributed by atoms with Crippen molar-refractivity contribution < 1.29 is 9.53 Å². The predicted molar refractivity (Wildman–Crippen MR) is 85.1 cm³/mol. The van der Waals surface area contributed by atoms with Crippen LogP contribution in [-0.2, 0) is 16.1 Å². The molecule has 1 aromatic carbocycles. The van der Waals surface area contributed by atoms with Crippen molar-refractivity contribution in [2.24, 2.45) is 0 Å². The third-order valence-corrected chi connectivity index (χ3v) is 3.79. The second kappa shape index (κ2) is 8.54. The van der Waals surface area contributed by atoms with Crippen LogP contribution in [0.1, 0.15) is 24.8 Å². The maximum atomic E-state index is 11.2. The van der Waals surface area contributed by atoms with Crippen molar-refractivity contribution in [2.75, 3.05) is 13.2 Å². The van der Waals surface area contributed by atoms with Crippen LogP contribution in [0.4, 0.5) is 0 Å². The minimum absolute atomic E-state index is 0.125. The summed E-state index contributed by atoms with van der Waals surface area (Å²) in [5.74, 6) is -0.125. The zero-order valence-corrected chi connectivity index (χ0v) is 13.0. The first-order valence-electron chi connectivity index (χ1n) is 7.15. The number of esters is 1. The molecule has 2 rings (SSSR count). The van der Waals surface area contributed by atoms with Gasteiger partial charge in [0.05, 0.1) is 12.3 Å². The monoisotopic (exact) mass is 304 g/mol.